The van der Waals surface area contributed by atoms with Crippen molar-refractivity contribution in [2.75, 3.05) is 0 Å². The lowest BCUT2D eigenvalue weighted by Gasteiger charge is -2.01. The number of nitrogens with zero attached hydrogens (tertiary/aromatic N) is 2. The van der Waals surface area contributed by atoms with Crippen molar-refractivity contribution in [1.82, 2.24) is 9.38 Å². The lowest BCUT2D eigenvalue weighted by molar-refractivity contribution is 0.468. The summed E-state index contributed by atoms with van der Waals surface area (Å²) in [6, 6.07) is 7.57. The van der Waals surface area contributed by atoms with Gasteiger partial charge in [-0.1, -0.05) is 11.3 Å². The molecule has 4 aromatic rings. The van der Waals surface area contributed by atoms with Gasteiger partial charge < -0.3 is 5.11 Å². The highest BCUT2D eigenvalue weighted by Crippen LogP contribution is 2.33. The van der Waals surface area contributed by atoms with E-state index in [1.807, 2.05) is 32.1 Å². The fourth-order valence-corrected chi connectivity index (χ4v) is 4.95. The zero-order valence-corrected chi connectivity index (χ0v) is 17.3. The van der Waals surface area contributed by atoms with Gasteiger partial charge in [-0.05, 0) is 92.7 Å². The Hall–Kier alpha value is -1.70. The van der Waals surface area contributed by atoms with Crippen molar-refractivity contribution in [3.63, 3.8) is 0 Å². The number of aryl methyl sites for hydroxylation is 2. The third-order valence-corrected chi connectivity index (χ3v) is 6.37. The first-order chi connectivity index (χ1) is 11.8. The van der Waals surface area contributed by atoms with E-state index in [1.54, 1.807) is 16.5 Å². The van der Waals surface area contributed by atoms with E-state index in [-0.39, 0.29) is 11.3 Å². The van der Waals surface area contributed by atoms with Crippen LogP contribution in [0.5, 0.6) is 5.75 Å². The van der Waals surface area contributed by atoms with Crippen LogP contribution in [-0.2, 0) is 0 Å². The van der Waals surface area contributed by atoms with Crippen molar-refractivity contribution in [2.24, 2.45) is 0 Å². The average Bonchev–Trinajstić information content (AvgIpc) is 3.03. The number of hydrogen-bond acceptors (Lipinski definition) is 4. The number of aromatic nitrogens is 2. The first-order valence-corrected chi connectivity index (χ1v) is 9.87. The average molecular weight is 480 g/mol. The molecule has 0 aliphatic heterocycles. The molecule has 4 nitrogen and oxygen atoms in total. The van der Waals surface area contributed by atoms with Crippen LogP contribution in [0.4, 0.5) is 0 Å². The lowest BCUT2D eigenvalue weighted by atomic mass is 10.1. The van der Waals surface area contributed by atoms with E-state index < -0.39 is 0 Å². The number of aromatic hydroxyl groups is 1. The van der Waals surface area contributed by atoms with E-state index in [1.165, 1.54) is 11.3 Å². The molecule has 2 aromatic carbocycles. The van der Waals surface area contributed by atoms with Crippen LogP contribution < -0.4 is 10.1 Å². The van der Waals surface area contributed by atoms with Crippen LogP contribution in [0.3, 0.4) is 0 Å². The summed E-state index contributed by atoms with van der Waals surface area (Å²) in [5.41, 5.74) is 4.72. The molecule has 4 rings (SSSR count). The second-order valence-corrected chi connectivity index (χ2v) is 8.62. The maximum atomic E-state index is 12.9. The van der Waals surface area contributed by atoms with Crippen LogP contribution in [0, 0.1) is 13.8 Å². The van der Waals surface area contributed by atoms with Crippen LogP contribution >= 0.6 is 43.2 Å². The Morgan fingerprint density at radius 2 is 1.76 bits per heavy atom. The van der Waals surface area contributed by atoms with Gasteiger partial charge in [-0.3, -0.25) is 4.79 Å². The molecule has 0 bridgehead atoms. The predicted octanol–water partition coefficient (Wildman–Crippen LogP) is 4.30. The number of halogens is 2. The second-order valence-electron chi connectivity index (χ2n) is 5.90. The summed E-state index contributed by atoms with van der Waals surface area (Å²) in [6.07, 6.45) is 1.81. The van der Waals surface area contributed by atoms with E-state index in [0.717, 1.165) is 27.7 Å². The number of benzene rings is 2. The van der Waals surface area contributed by atoms with Crippen molar-refractivity contribution >= 4 is 65.3 Å². The maximum Gasteiger partial charge on any atom is 0.274 e. The molecule has 2 aromatic heterocycles. The predicted molar refractivity (Wildman–Crippen MR) is 109 cm³/mol. The number of phenolic OH excluding ortho intramolecular Hbond substituents is 1. The molecule has 0 spiro atoms. The van der Waals surface area contributed by atoms with Crippen LogP contribution in [0.25, 0.3) is 22.1 Å². The van der Waals surface area contributed by atoms with Crippen molar-refractivity contribution < 1.29 is 5.11 Å². The van der Waals surface area contributed by atoms with E-state index in [9.17, 15) is 9.90 Å². The smallest absolute Gasteiger partial charge is 0.274 e. The Labute approximate surface area is 163 Å². The van der Waals surface area contributed by atoms with Gasteiger partial charge in [0.15, 0.2) is 4.96 Å². The van der Waals surface area contributed by atoms with Crippen LogP contribution in [-0.4, -0.2) is 14.5 Å². The Balaban J connectivity index is 1.99. The minimum absolute atomic E-state index is 0.0777. The molecule has 0 atom stereocenters. The van der Waals surface area contributed by atoms with E-state index in [2.05, 4.69) is 36.8 Å². The Morgan fingerprint density at radius 3 is 2.44 bits per heavy atom. The Kier molecular flexibility index (Phi) is 3.97. The molecule has 0 unspecified atom stereocenters. The summed E-state index contributed by atoms with van der Waals surface area (Å²) in [7, 11) is 0. The largest absolute Gasteiger partial charge is 0.506 e. The minimum atomic E-state index is -0.0777. The summed E-state index contributed by atoms with van der Waals surface area (Å²) in [6.45, 7) is 4.07. The first kappa shape index (κ1) is 16.8. The number of rotatable bonds is 1. The van der Waals surface area contributed by atoms with Crippen LogP contribution in [0.1, 0.15) is 16.7 Å². The van der Waals surface area contributed by atoms with E-state index >= 15 is 0 Å². The van der Waals surface area contributed by atoms with Crippen LogP contribution in [0.15, 0.2) is 38.0 Å². The number of fused-ring (bicyclic) bond motifs is 3. The second kappa shape index (κ2) is 5.93. The molecule has 2 heterocycles. The molecule has 126 valence electrons. The molecule has 1 N–H and O–H groups in total. The third-order valence-electron chi connectivity index (χ3n) is 4.19. The fourth-order valence-electron chi connectivity index (χ4n) is 2.74. The lowest BCUT2D eigenvalue weighted by Crippen LogP contribution is -2.22. The highest BCUT2D eigenvalue weighted by atomic mass is 79.9. The van der Waals surface area contributed by atoms with Gasteiger partial charge in [0.05, 0.1) is 24.5 Å². The monoisotopic (exact) mass is 478 g/mol. The minimum Gasteiger partial charge on any atom is -0.506 e. The molecule has 0 amide bonds. The van der Waals surface area contributed by atoms with Gasteiger partial charge in [0.25, 0.3) is 5.56 Å². The summed E-state index contributed by atoms with van der Waals surface area (Å²) in [4.78, 5) is 18.2. The first-order valence-electron chi connectivity index (χ1n) is 7.47. The molecule has 0 saturated heterocycles. The van der Waals surface area contributed by atoms with Crippen molar-refractivity contribution in [3.8, 4) is 5.75 Å². The topological polar surface area (TPSA) is 54.6 Å². The van der Waals surface area contributed by atoms with E-state index in [4.69, 9.17) is 0 Å². The normalized spacial score (nSPS) is 12.6. The van der Waals surface area contributed by atoms with Gasteiger partial charge in [-0.2, -0.15) is 0 Å². The SMILES string of the molecule is Cc1cc2nc3sc(=Cc4cc(Br)c(O)c(Br)c4)c(=O)n3c2cc1C. The van der Waals surface area contributed by atoms with Crippen LogP contribution in [0.2, 0.25) is 0 Å². The molecule has 0 aliphatic rings. The van der Waals surface area contributed by atoms with Crippen molar-refractivity contribution in [3.05, 3.63) is 64.8 Å². The summed E-state index contributed by atoms with van der Waals surface area (Å²) >= 11 is 7.98. The highest BCUT2D eigenvalue weighted by Gasteiger charge is 2.13. The summed E-state index contributed by atoms with van der Waals surface area (Å²) in [5, 5.41) is 9.82. The molecule has 0 aliphatic carbocycles. The van der Waals surface area contributed by atoms with Gasteiger partial charge in [0, 0.05) is 0 Å². The molecule has 0 radical (unpaired) electrons. The maximum absolute atomic E-state index is 12.9. The van der Waals surface area contributed by atoms with Gasteiger partial charge in [0.2, 0.25) is 0 Å². The Bertz CT molecular complexity index is 1250. The molecule has 0 fully saturated rings. The fraction of sp³-hybridized carbons (Fsp3) is 0.111. The van der Waals surface area contributed by atoms with Crippen molar-refractivity contribution in [1.29, 1.82) is 0 Å². The zero-order valence-electron chi connectivity index (χ0n) is 13.3. The van der Waals surface area contributed by atoms with Gasteiger partial charge in [-0.15, -0.1) is 0 Å². The van der Waals surface area contributed by atoms with Gasteiger partial charge >= 0.3 is 0 Å². The standard InChI is InChI=1S/C18H12Br2N2O2S/c1-8-3-13-14(4-9(8)2)22-17(24)15(25-18(22)21-13)7-10-5-11(19)16(23)12(20)6-10/h3-7,23H,1-2H3. The van der Waals surface area contributed by atoms with Crippen molar-refractivity contribution in [2.45, 2.75) is 13.8 Å². The number of phenols is 1. The number of imidazole rings is 1. The zero-order chi connectivity index (χ0) is 17.9. The summed E-state index contributed by atoms with van der Waals surface area (Å²) in [5.74, 6) is 0.136. The molecule has 0 saturated carbocycles. The number of hydrogen-bond donors (Lipinski definition) is 1. The molecule has 7 heteroatoms. The highest BCUT2D eigenvalue weighted by molar-refractivity contribution is 9.11. The van der Waals surface area contributed by atoms with Gasteiger partial charge in [-0.25, -0.2) is 9.38 Å². The molecular formula is C18H12Br2N2O2S. The number of thiazole rings is 1. The Morgan fingerprint density at radius 1 is 1.12 bits per heavy atom. The quantitative estimate of drug-likeness (QED) is 0.442. The van der Waals surface area contributed by atoms with Gasteiger partial charge in [0.1, 0.15) is 5.75 Å². The molecular weight excluding hydrogens is 468 g/mol. The van der Waals surface area contributed by atoms with E-state index in [0.29, 0.717) is 18.4 Å². The third kappa shape index (κ3) is 2.70. The molecule has 25 heavy (non-hydrogen) atoms. The summed E-state index contributed by atoms with van der Waals surface area (Å²) < 4.78 is 3.41.